The highest BCUT2D eigenvalue weighted by atomic mass is 32.2. The quantitative estimate of drug-likeness (QED) is 0.0988. The molecule has 332 valence electrons. The van der Waals surface area contributed by atoms with Gasteiger partial charge in [0, 0.05) is 23.4 Å². The lowest BCUT2D eigenvalue weighted by Crippen LogP contribution is -2.70. The smallest absolute Gasteiger partial charge is 0.357 e. The van der Waals surface area contributed by atoms with Crippen LogP contribution in [0.4, 0.5) is 0 Å². The number of carbonyl (C=O) groups excluding carboxylic acids is 2. The fourth-order valence-electron chi connectivity index (χ4n) is 7.83. The van der Waals surface area contributed by atoms with E-state index >= 15 is 0 Å². The van der Waals surface area contributed by atoms with Crippen molar-refractivity contribution < 1.29 is 79.0 Å². The molecule has 1 aromatic heterocycles. The van der Waals surface area contributed by atoms with Crippen molar-refractivity contribution in [2.24, 2.45) is 22.9 Å². The molecule has 1 aromatic carbocycles. The van der Waals surface area contributed by atoms with Gasteiger partial charge in [0.1, 0.15) is 66.3 Å². The Hall–Kier alpha value is -3.77. The number of carboxylic acids is 2. The van der Waals surface area contributed by atoms with E-state index in [4.69, 9.17) is 41.9 Å². The number of benzene rings is 1. The number of carbonyl (C=O) groups is 4. The maximum atomic E-state index is 12.8. The van der Waals surface area contributed by atoms with E-state index < -0.39 is 150 Å². The number of aliphatic hydroxyl groups excluding tert-OH is 6. The summed E-state index contributed by atoms with van der Waals surface area (Å²) in [6.07, 6.45) is -13.8. The van der Waals surface area contributed by atoms with Gasteiger partial charge in [-0.25, -0.2) is 19.6 Å². The lowest BCUT2D eigenvalue weighted by molar-refractivity contribution is -0.306. The number of β-lactam (4-membered cyclic amide) rings is 1. The summed E-state index contributed by atoms with van der Waals surface area (Å²) >= 11 is 1.27. The molecule has 2 amide bonds. The maximum absolute atomic E-state index is 12.8. The van der Waals surface area contributed by atoms with Crippen molar-refractivity contribution in [2.45, 2.75) is 128 Å². The number of aromatic carboxylic acids is 1. The Labute approximate surface area is 345 Å². The number of hydrogen-bond acceptors (Lipinski definition) is 21. The summed E-state index contributed by atoms with van der Waals surface area (Å²) in [4.78, 5) is 57.7. The predicted octanol–water partition coefficient (Wildman–Crippen LogP) is -6.08. The first-order chi connectivity index (χ1) is 28.2. The van der Waals surface area contributed by atoms with E-state index in [1.807, 2.05) is 0 Å². The van der Waals surface area contributed by atoms with Crippen molar-refractivity contribution in [3.63, 3.8) is 0 Å². The number of ether oxygens (including phenoxy) is 4. The molecule has 1 aliphatic carbocycles. The number of amides is 2. The van der Waals surface area contributed by atoms with E-state index in [-0.39, 0.29) is 13.0 Å². The van der Waals surface area contributed by atoms with Crippen molar-refractivity contribution in [3.05, 3.63) is 35.7 Å². The van der Waals surface area contributed by atoms with Crippen molar-refractivity contribution in [3.8, 4) is 0 Å². The Balaban J connectivity index is 0.000000202. The van der Waals surface area contributed by atoms with Crippen molar-refractivity contribution in [1.29, 1.82) is 0 Å². The number of aliphatic hydroxyl groups is 6. The van der Waals surface area contributed by atoms with Gasteiger partial charge in [0.15, 0.2) is 24.0 Å². The summed E-state index contributed by atoms with van der Waals surface area (Å²) in [5.41, 5.74) is 23.4. The van der Waals surface area contributed by atoms with Crippen LogP contribution in [0, 0.1) is 0 Å². The Kier molecular flexibility index (Phi) is 13.7. The van der Waals surface area contributed by atoms with Crippen molar-refractivity contribution in [2.75, 3.05) is 13.2 Å². The highest BCUT2D eigenvalue weighted by molar-refractivity contribution is 8.01. The molecule has 17 N–H and O–H groups in total. The zero-order chi connectivity index (χ0) is 44.1. The number of carboxylic acid groups (broad SMARTS) is 2. The number of nitrogens with zero attached hydrogens (tertiary/aromatic N) is 3. The molecule has 0 bridgehead atoms. The van der Waals surface area contributed by atoms with Crippen LogP contribution in [0.1, 0.15) is 41.2 Å². The summed E-state index contributed by atoms with van der Waals surface area (Å²) in [7, 11) is 0. The first-order valence-electron chi connectivity index (χ1n) is 18.9. The van der Waals surface area contributed by atoms with Crippen LogP contribution in [0.5, 0.6) is 0 Å². The molecule has 5 aliphatic rings. The van der Waals surface area contributed by atoms with Crippen LogP contribution in [0.15, 0.2) is 24.3 Å². The number of nitrogens with two attached hydrogens (primary N) is 4. The van der Waals surface area contributed by atoms with E-state index in [9.17, 15) is 60.0 Å². The van der Waals surface area contributed by atoms with Gasteiger partial charge in [-0.2, -0.15) is 0 Å². The molecule has 60 heavy (non-hydrogen) atoms. The van der Waals surface area contributed by atoms with Gasteiger partial charge < -0.3 is 93.0 Å². The topological polar surface area (TPSA) is 412 Å². The number of rotatable bonds is 10. The molecule has 5 fully saturated rings. The van der Waals surface area contributed by atoms with E-state index in [1.165, 1.54) is 16.7 Å². The summed E-state index contributed by atoms with van der Waals surface area (Å²) in [5, 5.41) is 81.0. The molecule has 25 heteroatoms. The molecule has 2 aromatic rings. The number of para-hydroxylation sites is 2. The second-order valence-electron chi connectivity index (χ2n) is 15.6. The van der Waals surface area contributed by atoms with Crippen LogP contribution in [0.25, 0.3) is 11.0 Å². The minimum absolute atomic E-state index is 0.114. The molecule has 7 rings (SSSR count). The minimum Gasteiger partial charge on any atom is -0.480 e. The Morgan fingerprint density at radius 2 is 1.45 bits per heavy atom. The maximum Gasteiger partial charge on any atom is 0.357 e. The molecular formula is C35H50N8O16S. The zero-order valence-electron chi connectivity index (χ0n) is 32.1. The SMILES string of the molecule is CC1(C)SC2C(NC(=O)c3nc4ccccc4nc3C(=O)O)C(=O)N2C1C(=O)O.NC[C@H]1O[C@H](O[C@H]2[C@H](O[C@@H]3O[C@H](CO)[C@@H](O)[C@H]3O)[C@@H](O)[C@H](N)C[C@@H]2N)[C@H](N)[C@@H](O)[C@@H]1O. The summed E-state index contributed by atoms with van der Waals surface area (Å²) in [5.74, 6) is -3.91. The van der Waals surface area contributed by atoms with Crippen LogP contribution in [-0.4, -0.2) is 200 Å². The van der Waals surface area contributed by atoms with Crippen molar-refractivity contribution >= 4 is 46.5 Å². The molecule has 4 saturated heterocycles. The van der Waals surface area contributed by atoms with Gasteiger partial charge in [-0.1, -0.05) is 12.1 Å². The lowest BCUT2D eigenvalue weighted by atomic mass is 9.84. The second kappa shape index (κ2) is 17.9. The van der Waals surface area contributed by atoms with E-state index in [1.54, 1.807) is 38.1 Å². The fraction of sp³-hybridized carbons (Fsp3) is 0.657. The number of aliphatic carboxylic acids is 1. The second-order valence-corrected chi connectivity index (χ2v) is 17.3. The van der Waals surface area contributed by atoms with E-state index in [2.05, 4.69) is 15.3 Å². The average Bonchev–Trinajstić information content (AvgIpc) is 3.63. The van der Waals surface area contributed by atoms with Crippen LogP contribution < -0.4 is 28.3 Å². The summed E-state index contributed by atoms with van der Waals surface area (Å²) in [6.45, 7) is 2.77. The van der Waals surface area contributed by atoms with Crippen LogP contribution in [0.2, 0.25) is 0 Å². The Morgan fingerprint density at radius 1 is 0.867 bits per heavy atom. The number of hydrogen-bond donors (Lipinski definition) is 13. The van der Waals surface area contributed by atoms with E-state index in [0.29, 0.717) is 11.0 Å². The molecule has 4 aliphatic heterocycles. The zero-order valence-corrected chi connectivity index (χ0v) is 33.0. The van der Waals surface area contributed by atoms with Crippen LogP contribution in [0.3, 0.4) is 0 Å². The number of thioether (sulfide) groups is 1. The first-order valence-corrected chi connectivity index (χ1v) is 19.7. The van der Waals surface area contributed by atoms with Gasteiger partial charge in [-0.3, -0.25) is 9.59 Å². The molecule has 17 atom stereocenters. The molecule has 5 heterocycles. The molecule has 24 nitrogen and oxygen atoms in total. The third-order valence-electron chi connectivity index (χ3n) is 11.1. The number of aromatic nitrogens is 2. The number of fused-ring (bicyclic) bond motifs is 2. The van der Waals surface area contributed by atoms with Gasteiger partial charge in [0.2, 0.25) is 5.91 Å². The van der Waals surface area contributed by atoms with Gasteiger partial charge in [0.25, 0.3) is 5.91 Å². The molecule has 3 unspecified atom stereocenters. The fourth-order valence-corrected chi connectivity index (χ4v) is 9.45. The Morgan fingerprint density at radius 3 is 2.02 bits per heavy atom. The minimum atomic E-state index is -1.51. The third-order valence-corrected chi connectivity index (χ3v) is 12.6. The first kappa shape index (κ1) is 45.7. The normalized spacial score (nSPS) is 39.6. The largest absolute Gasteiger partial charge is 0.480 e. The standard InChI is InChI=1S/C18H16N4O6S.C17H34N4O10/c1-18(2)12(17(27)28)22-14(24)11(15(22)29-18)21-13(23)9-10(16(25)26)20-8-6-4-3-5-7(8)19-9;18-2-6-10(24)12(26)8(21)16(28-6)30-14-5(20)1-4(19)9(23)15(14)31-17-13(27)11(25)7(3-22)29-17/h3-6,11-12,15H,1-2H3,(H,21,23)(H,25,26)(H,27,28);4-17,22-27H,1-3,18-21H2/t;4-,5+,6-,7-,8-,9+,10-,11-,12-,13-,14-,15-,16-,17+/m.1/s1. The van der Waals surface area contributed by atoms with Gasteiger partial charge in [0.05, 0.1) is 29.8 Å². The van der Waals surface area contributed by atoms with Gasteiger partial charge in [-0.15, -0.1) is 11.8 Å². The molecule has 0 spiro atoms. The average molecular weight is 871 g/mol. The molecule has 1 saturated carbocycles. The van der Waals surface area contributed by atoms with Crippen molar-refractivity contribution in [1.82, 2.24) is 20.2 Å². The summed E-state index contributed by atoms with van der Waals surface area (Å²) in [6, 6.07) is 1.82. The van der Waals surface area contributed by atoms with Crippen LogP contribution in [-0.2, 0) is 28.5 Å². The van der Waals surface area contributed by atoms with Gasteiger partial charge >= 0.3 is 11.9 Å². The monoisotopic (exact) mass is 870 g/mol. The highest BCUT2D eigenvalue weighted by Crippen LogP contribution is 2.50. The van der Waals surface area contributed by atoms with E-state index in [0.717, 1.165) is 0 Å². The number of nitrogens with one attached hydrogen (secondary N) is 1. The van der Waals surface area contributed by atoms with Gasteiger partial charge in [-0.05, 0) is 32.4 Å². The molecule has 0 radical (unpaired) electrons. The Bertz CT molecular complexity index is 1930. The molecular weight excluding hydrogens is 820 g/mol. The third kappa shape index (κ3) is 8.53. The summed E-state index contributed by atoms with van der Waals surface area (Å²) < 4.78 is 21.7. The highest BCUT2D eigenvalue weighted by Gasteiger charge is 2.64. The predicted molar refractivity (Wildman–Crippen MR) is 203 cm³/mol. The van der Waals surface area contributed by atoms with Crippen LogP contribution >= 0.6 is 11.8 Å². The lowest BCUT2D eigenvalue weighted by Gasteiger charge is -2.47.